The molecule has 2 aliphatic rings. The van der Waals surface area contributed by atoms with Crippen LogP contribution in [0.5, 0.6) is 0 Å². The number of rotatable bonds is 13. The number of nitrogens with zero attached hydrogens (tertiary/aromatic N) is 5. The standard InChI is InChI=1S/C62H94N6O11/c1-17-40(9)45-36-49(69)47-30-25-31-68(47)59(75)48(34-43-28-23-20-24-29-43)64(13)58(74)46(33-42-26-21-19-22-27-42)63-55(71)52(39(7)8)66(15)60(76)53(41(10)18-2)79-61(77)54(62(11,12)78)67(16)56(72)44(32-37(3)4)35-50(70)51(38(5)6)65(14)57(45)73/h19-24,26-29,37-41,44-48,51-54,78H,17-18,25,30-36H2,1-16H3,(H,63,71)/t40?,41?,44-,45+,46+,47+,48+,51+,52+,53-,54?/m1/s1. The molecule has 0 saturated carbocycles. The maximum Gasteiger partial charge on any atom is 0.332 e. The van der Waals surface area contributed by atoms with Gasteiger partial charge in [0.25, 0.3) is 5.91 Å². The van der Waals surface area contributed by atoms with E-state index in [1.807, 2.05) is 102 Å². The zero-order valence-electron chi connectivity index (χ0n) is 50.2. The van der Waals surface area contributed by atoms with Crippen molar-refractivity contribution in [3.8, 4) is 0 Å². The van der Waals surface area contributed by atoms with Gasteiger partial charge in [-0.15, -0.1) is 0 Å². The summed E-state index contributed by atoms with van der Waals surface area (Å²) in [5, 5.41) is 14.7. The zero-order chi connectivity index (χ0) is 59.4. The highest BCUT2D eigenvalue weighted by molar-refractivity contribution is 5.99. The number of hydrogen-bond acceptors (Lipinski definition) is 11. The first-order valence-corrected chi connectivity index (χ1v) is 28.7. The lowest BCUT2D eigenvalue weighted by Crippen LogP contribution is -2.61. The molecule has 438 valence electrons. The SMILES string of the molecule is CCC(C)[C@@H]1CC(=O)[C@@H]2CCCN2C(=O)[C@H](Cc2ccccc2)N(C)C(=O)[C@H](Cc2ccccc2)NC(=O)[C@H](C(C)C)N(C)C(=O)[C@@H](C(C)CC)OC(=O)C(C(C)(C)O)N(C)C(=O)[C@H](CC(C)C)CC(=O)[C@H](C(C)C)N(C)C1=O. The Kier molecular flexibility index (Phi) is 24.0. The minimum absolute atomic E-state index is 0.00768. The quantitative estimate of drug-likeness (QED) is 0.205. The fourth-order valence-corrected chi connectivity index (χ4v) is 11.7. The molecule has 0 aliphatic carbocycles. The van der Waals surface area contributed by atoms with E-state index in [1.165, 1.54) is 54.6 Å². The third kappa shape index (κ3) is 16.6. The smallest absolute Gasteiger partial charge is 0.332 e. The monoisotopic (exact) mass is 1100 g/mol. The molecule has 0 radical (unpaired) electrons. The molecule has 2 fully saturated rings. The van der Waals surface area contributed by atoms with Crippen LogP contribution in [0.25, 0.3) is 0 Å². The van der Waals surface area contributed by atoms with E-state index >= 15 is 9.59 Å². The highest BCUT2D eigenvalue weighted by Gasteiger charge is 2.48. The van der Waals surface area contributed by atoms with Gasteiger partial charge in [-0.25, -0.2) is 4.79 Å². The molecule has 11 atom stereocenters. The van der Waals surface area contributed by atoms with Gasteiger partial charge < -0.3 is 39.7 Å². The van der Waals surface area contributed by atoms with Crippen LogP contribution in [0.2, 0.25) is 0 Å². The summed E-state index contributed by atoms with van der Waals surface area (Å²) in [5.41, 5.74) is -0.484. The molecular formula is C62H94N6O11. The van der Waals surface area contributed by atoms with Gasteiger partial charge in [-0.1, -0.05) is 136 Å². The molecule has 0 bridgehead atoms. The Labute approximate surface area is 470 Å². The molecule has 2 aromatic carbocycles. The van der Waals surface area contributed by atoms with Gasteiger partial charge in [0.1, 0.15) is 18.1 Å². The van der Waals surface area contributed by atoms with Gasteiger partial charge in [-0.2, -0.15) is 0 Å². The fourth-order valence-electron chi connectivity index (χ4n) is 11.7. The molecule has 0 aromatic heterocycles. The van der Waals surface area contributed by atoms with Crippen molar-refractivity contribution in [1.29, 1.82) is 0 Å². The van der Waals surface area contributed by atoms with Crippen molar-refractivity contribution >= 4 is 53.0 Å². The number of carbonyl (C=O) groups excluding carboxylic acids is 9. The summed E-state index contributed by atoms with van der Waals surface area (Å²) in [7, 11) is 5.83. The van der Waals surface area contributed by atoms with Crippen LogP contribution in [0.15, 0.2) is 60.7 Å². The van der Waals surface area contributed by atoms with E-state index in [0.29, 0.717) is 31.2 Å². The van der Waals surface area contributed by atoms with E-state index in [4.69, 9.17) is 4.74 Å². The summed E-state index contributed by atoms with van der Waals surface area (Å²) in [6.07, 6.45) is -0.0284. The Bertz CT molecular complexity index is 2420. The number of amides is 6. The third-order valence-corrected chi connectivity index (χ3v) is 16.5. The summed E-state index contributed by atoms with van der Waals surface area (Å²) >= 11 is 0. The van der Waals surface area contributed by atoms with Crippen LogP contribution >= 0.6 is 0 Å². The highest BCUT2D eigenvalue weighted by Crippen LogP contribution is 2.32. The third-order valence-electron chi connectivity index (χ3n) is 16.5. The Morgan fingerprint density at radius 2 is 1.15 bits per heavy atom. The Balaban J connectivity index is 1.98. The number of fused-ring (bicyclic) bond motifs is 1. The van der Waals surface area contributed by atoms with Gasteiger partial charge in [-0.05, 0) is 74.3 Å². The first kappa shape index (κ1) is 65.5. The largest absolute Gasteiger partial charge is 0.450 e. The minimum Gasteiger partial charge on any atom is -0.450 e. The van der Waals surface area contributed by atoms with E-state index in [2.05, 4.69) is 5.32 Å². The second-order valence-corrected chi connectivity index (χ2v) is 24.3. The lowest BCUT2D eigenvalue weighted by Gasteiger charge is -2.39. The van der Waals surface area contributed by atoms with E-state index in [9.17, 15) is 38.7 Å². The molecule has 2 heterocycles. The van der Waals surface area contributed by atoms with Gasteiger partial charge in [0.2, 0.25) is 29.5 Å². The van der Waals surface area contributed by atoms with Crippen LogP contribution in [-0.2, 0) is 60.7 Å². The van der Waals surface area contributed by atoms with E-state index < -0.39 is 125 Å². The minimum atomic E-state index is -1.94. The number of esters is 1. The molecule has 0 spiro atoms. The molecule has 17 heteroatoms. The molecule has 17 nitrogen and oxygen atoms in total. The summed E-state index contributed by atoms with van der Waals surface area (Å²) in [6.45, 7) is 21.1. The van der Waals surface area contributed by atoms with Crippen LogP contribution in [0.4, 0.5) is 0 Å². The number of cyclic esters (lactones) is 1. The number of benzene rings is 2. The number of hydrogen-bond donors (Lipinski definition) is 2. The average molecular weight is 1100 g/mol. The van der Waals surface area contributed by atoms with Crippen molar-refractivity contribution in [3.63, 3.8) is 0 Å². The van der Waals surface area contributed by atoms with E-state index in [1.54, 1.807) is 34.7 Å². The van der Waals surface area contributed by atoms with Crippen LogP contribution in [0.3, 0.4) is 0 Å². The molecule has 6 amide bonds. The van der Waals surface area contributed by atoms with E-state index in [-0.39, 0.29) is 56.3 Å². The van der Waals surface area contributed by atoms with Gasteiger partial charge in [0, 0.05) is 78.2 Å². The van der Waals surface area contributed by atoms with Gasteiger partial charge >= 0.3 is 5.97 Å². The average Bonchev–Trinajstić information content (AvgIpc) is 3.89. The maximum atomic E-state index is 15.3. The molecular weight excluding hydrogens is 1000 g/mol. The summed E-state index contributed by atoms with van der Waals surface area (Å²) < 4.78 is 6.12. The molecule has 4 rings (SSSR count). The van der Waals surface area contributed by atoms with Crippen molar-refractivity contribution < 1.29 is 53.0 Å². The van der Waals surface area contributed by atoms with Crippen molar-refractivity contribution in [1.82, 2.24) is 29.8 Å². The molecule has 2 aromatic rings. The van der Waals surface area contributed by atoms with Crippen LogP contribution in [0.1, 0.15) is 139 Å². The van der Waals surface area contributed by atoms with Gasteiger partial charge in [0.05, 0.1) is 17.7 Å². The van der Waals surface area contributed by atoms with Crippen LogP contribution < -0.4 is 5.32 Å². The number of ketones is 2. The topological polar surface area (TPSA) is 211 Å². The highest BCUT2D eigenvalue weighted by atomic mass is 16.6. The van der Waals surface area contributed by atoms with Gasteiger partial charge in [0.15, 0.2) is 23.7 Å². The summed E-state index contributed by atoms with van der Waals surface area (Å²) in [4.78, 5) is 141. The van der Waals surface area contributed by atoms with Gasteiger partial charge in [-0.3, -0.25) is 38.4 Å². The number of likely N-dealkylation sites (N-methyl/N-ethyl adjacent to an activating group) is 4. The molecule has 2 N–H and O–H groups in total. The predicted molar refractivity (Wildman–Crippen MR) is 304 cm³/mol. The zero-order valence-corrected chi connectivity index (χ0v) is 50.2. The Morgan fingerprint density at radius 3 is 1.66 bits per heavy atom. The first-order valence-electron chi connectivity index (χ1n) is 28.7. The van der Waals surface area contributed by atoms with E-state index in [0.717, 1.165) is 10.5 Å². The number of nitrogens with one attached hydrogen (secondary N) is 1. The van der Waals surface area contributed by atoms with Crippen molar-refractivity contribution in [3.05, 3.63) is 71.8 Å². The van der Waals surface area contributed by atoms with Crippen LogP contribution in [-0.4, -0.2) is 165 Å². The first-order chi connectivity index (χ1) is 37.0. The summed E-state index contributed by atoms with van der Waals surface area (Å²) in [6, 6.07) is 11.0. The molecule has 2 aliphatic heterocycles. The molecule has 79 heavy (non-hydrogen) atoms. The van der Waals surface area contributed by atoms with Crippen molar-refractivity contribution in [2.75, 3.05) is 34.7 Å². The van der Waals surface area contributed by atoms with Crippen LogP contribution in [0, 0.1) is 41.4 Å². The second kappa shape index (κ2) is 29.0. The molecule has 3 unspecified atom stereocenters. The Morgan fingerprint density at radius 1 is 0.620 bits per heavy atom. The molecule has 2 saturated heterocycles. The Hall–Kier alpha value is -5.97. The maximum absolute atomic E-state index is 15.3. The summed E-state index contributed by atoms with van der Waals surface area (Å²) in [5.74, 6) is -9.25. The lowest BCUT2D eigenvalue weighted by molar-refractivity contribution is -0.178. The number of carbonyl (C=O) groups is 9. The van der Waals surface area contributed by atoms with Crippen molar-refractivity contribution in [2.45, 2.75) is 189 Å². The number of ether oxygens (including phenoxy) is 1. The second-order valence-electron chi connectivity index (χ2n) is 24.3. The fraction of sp³-hybridized carbons (Fsp3) is 0.661. The predicted octanol–water partition coefficient (Wildman–Crippen LogP) is 6.55. The van der Waals surface area contributed by atoms with Crippen molar-refractivity contribution in [2.24, 2.45) is 41.4 Å². The normalized spacial score (nSPS) is 26.7. The lowest BCUT2D eigenvalue weighted by atomic mass is 9.82. The number of aliphatic hydroxyl groups is 1. The number of Topliss-reactive ketones (excluding diaryl/α,β-unsaturated/α-hetero) is 2.